The van der Waals surface area contributed by atoms with Gasteiger partial charge < -0.3 is 15.1 Å². The predicted molar refractivity (Wildman–Crippen MR) is 57.6 cm³/mol. The van der Waals surface area contributed by atoms with Gasteiger partial charge in [-0.1, -0.05) is 0 Å². The Morgan fingerprint density at radius 3 is 3.00 bits per heavy atom. The molecule has 0 radical (unpaired) electrons. The summed E-state index contributed by atoms with van der Waals surface area (Å²) in [7, 11) is 4.01. The van der Waals surface area contributed by atoms with E-state index < -0.39 is 0 Å². The van der Waals surface area contributed by atoms with E-state index in [0.29, 0.717) is 12.2 Å². The first-order valence-electron chi connectivity index (χ1n) is 4.91. The minimum absolute atomic E-state index is 0.141. The molecule has 1 heterocycles. The Kier molecular flexibility index (Phi) is 4.70. The molecule has 5 nitrogen and oxygen atoms in total. The number of nitrogens with zero attached hydrogens (tertiary/aromatic N) is 1. The summed E-state index contributed by atoms with van der Waals surface area (Å²) in [6, 6.07) is 0. The van der Waals surface area contributed by atoms with Crippen molar-refractivity contribution in [1.82, 2.24) is 15.7 Å². The molecule has 0 spiro atoms. The van der Waals surface area contributed by atoms with E-state index >= 15 is 0 Å². The number of hydrogen-bond donors (Lipinski definition) is 2. The van der Waals surface area contributed by atoms with Gasteiger partial charge in [-0.2, -0.15) is 0 Å². The number of carbonyl (C=O) groups excluding carboxylic acids is 1. The van der Waals surface area contributed by atoms with Crippen LogP contribution in [0.15, 0.2) is 24.1 Å². The van der Waals surface area contributed by atoms with Gasteiger partial charge in [0.25, 0.3) is 5.91 Å². The van der Waals surface area contributed by atoms with E-state index in [1.807, 2.05) is 14.1 Å². The van der Waals surface area contributed by atoms with Gasteiger partial charge in [-0.15, -0.1) is 0 Å². The quantitative estimate of drug-likeness (QED) is 0.628. The summed E-state index contributed by atoms with van der Waals surface area (Å²) < 4.78 is 0. The molecule has 1 aliphatic heterocycles. The van der Waals surface area contributed by atoms with Crippen LogP contribution in [0.4, 0.5) is 0 Å². The molecule has 5 heteroatoms. The Labute approximate surface area is 89.7 Å². The normalized spacial score (nSPS) is 14.2. The van der Waals surface area contributed by atoms with Crippen molar-refractivity contribution in [2.75, 3.05) is 27.2 Å². The molecule has 0 aromatic heterocycles. The van der Waals surface area contributed by atoms with Gasteiger partial charge in [-0.25, -0.2) is 5.48 Å². The summed E-state index contributed by atoms with van der Waals surface area (Å²) in [5.74, 6) is -0.141. The number of hydrogen-bond acceptors (Lipinski definition) is 4. The third-order valence-electron chi connectivity index (χ3n) is 1.89. The zero-order chi connectivity index (χ0) is 11.1. The van der Waals surface area contributed by atoms with Crippen molar-refractivity contribution in [3.63, 3.8) is 0 Å². The van der Waals surface area contributed by atoms with E-state index in [4.69, 9.17) is 4.84 Å². The van der Waals surface area contributed by atoms with Crippen LogP contribution in [0.25, 0.3) is 0 Å². The molecule has 2 N–H and O–H groups in total. The highest BCUT2D eigenvalue weighted by atomic mass is 16.6. The lowest BCUT2D eigenvalue weighted by Gasteiger charge is -2.13. The van der Waals surface area contributed by atoms with Crippen LogP contribution in [0.3, 0.4) is 0 Å². The van der Waals surface area contributed by atoms with Crippen LogP contribution in [0, 0.1) is 0 Å². The number of amides is 1. The molecule has 1 rings (SSSR count). The van der Waals surface area contributed by atoms with Crippen LogP contribution in [-0.2, 0) is 9.63 Å². The van der Waals surface area contributed by atoms with Crippen molar-refractivity contribution in [3.05, 3.63) is 24.1 Å². The Balaban J connectivity index is 2.18. The zero-order valence-corrected chi connectivity index (χ0v) is 9.12. The fraction of sp³-hybridized carbons (Fsp3) is 0.500. The third kappa shape index (κ3) is 4.51. The number of rotatable bonds is 5. The van der Waals surface area contributed by atoms with Crippen LogP contribution in [0.1, 0.15) is 6.42 Å². The molecule has 0 bridgehead atoms. The highest BCUT2D eigenvalue weighted by Gasteiger charge is 2.09. The fourth-order valence-corrected chi connectivity index (χ4v) is 1.12. The van der Waals surface area contributed by atoms with E-state index in [9.17, 15) is 4.79 Å². The van der Waals surface area contributed by atoms with Crippen molar-refractivity contribution in [3.8, 4) is 0 Å². The summed E-state index contributed by atoms with van der Waals surface area (Å²) in [4.78, 5) is 18.3. The lowest BCUT2D eigenvalue weighted by atomic mass is 10.3. The summed E-state index contributed by atoms with van der Waals surface area (Å²) in [5.41, 5.74) is 2.95. The highest BCUT2D eigenvalue weighted by molar-refractivity contribution is 5.92. The van der Waals surface area contributed by atoms with Crippen molar-refractivity contribution in [2.24, 2.45) is 0 Å². The molecule has 15 heavy (non-hydrogen) atoms. The smallest absolute Gasteiger partial charge is 0.270 e. The Morgan fingerprint density at radius 1 is 1.60 bits per heavy atom. The fourth-order valence-electron chi connectivity index (χ4n) is 1.12. The molecule has 1 amide bonds. The molecular weight excluding hydrogens is 194 g/mol. The van der Waals surface area contributed by atoms with Crippen molar-refractivity contribution >= 4 is 5.91 Å². The summed E-state index contributed by atoms with van der Waals surface area (Å²) >= 11 is 0. The maximum Gasteiger partial charge on any atom is 0.270 e. The maximum absolute atomic E-state index is 11.5. The molecule has 84 valence electrons. The van der Waals surface area contributed by atoms with Crippen LogP contribution in [-0.4, -0.2) is 38.0 Å². The first kappa shape index (κ1) is 11.6. The average molecular weight is 211 g/mol. The van der Waals surface area contributed by atoms with Gasteiger partial charge in [0, 0.05) is 6.54 Å². The molecule has 0 fully saturated rings. The average Bonchev–Trinajstić information content (AvgIpc) is 2.25. The Morgan fingerprint density at radius 2 is 2.40 bits per heavy atom. The van der Waals surface area contributed by atoms with Crippen LogP contribution >= 0.6 is 0 Å². The van der Waals surface area contributed by atoms with Crippen LogP contribution < -0.4 is 10.8 Å². The largest absolute Gasteiger partial charge is 0.390 e. The number of carbonyl (C=O) groups is 1. The number of nitrogens with one attached hydrogen (secondary N) is 2. The number of allylic oxidation sites excluding steroid dienone is 2. The molecule has 0 unspecified atom stereocenters. The molecule has 0 saturated carbocycles. The second-order valence-corrected chi connectivity index (χ2v) is 3.54. The summed E-state index contributed by atoms with van der Waals surface area (Å²) in [6.07, 6.45) is 5.75. The Bertz CT molecular complexity index is 272. The topological polar surface area (TPSA) is 53.6 Å². The van der Waals surface area contributed by atoms with Crippen molar-refractivity contribution < 1.29 is 9.63 Å². The molecule has 0 aromatic carbocycles. The zero-order valence-electron chi connectivity index (χ0n) is 9.12. The van der Waals surface area contributed by atoms with Gasteiger partial charge in [0.15, 0.2) is 0 Å². The molecule has 0 saturated heterocycles. The minimum Gasteiger partial charge on any atom is -0.390 e. The molecule has 0 aliphatic carbocycles. The molecular formula is C10H17N3O2. The standard InChI is InChI=1S/C10H17N3O2/c1-13(2)7-4-6-11-10(14)9-5-3-8-15-12-9/h3,5,8,12H,4,6-7H2,1-2H3,(H,11,14). The van der Waals surface area contributed by atoms with Crippen LogP contribution in [0.5, 0.6) is 0 Å². The van der Waals surface area contributed by atoms with Gasteiger partial charge >= 0.3 is 0 Å². The SMILES string of the molecule is CN(C)CCCNC(=O)C1=CC=CON1. The van der Waals surface area contributed by atoms with Crippen LogP contribution in [0.2, 0.25) is 0 Å². The summed E-state index contributed by atoms with van der Waals surface area (Å²) in [6.45, 7) is 1.63. The molecule has 0 aromatic rings. The van der Waals surface area contributed by atoms with Gasteiger partial charge in [0.1, 0.15) is 12.0 Å². The summed E-state index contributed by atoms with van der Waals surface area (Å²) in [5, 5.41) is 2.80. The lowest BCUT2D eigenvalue weighted by Crippen LogP contribution is -2.33. The third-order valence-corrected chi connectivity index (χ3v) is 1.89. The van der Waals surface area contributed by atoms with Crippen molar-refractivity contribution in [1.29, 1.82) is 0 Å². The van der Waals surface area contributed by atoms with E-state index in [1.54, 1.807) is 12.2 Å². The van der Waals surface area contributed by atoms with E-state index in [2.05, 4.69) is 15.7 Å². The molecule has 0 atom stereocenters. The van der Waals surface area contributed by atoms with E-state index in [0.717, 1.165) is 13.0 Å². The second kappa shape index (κ2) is 6.08. The van der Waals surface area contributed by atoms with Gasteiger partial charge in [0.05, 0.1) is 0 Å². The van der Waals surface area contributed by atoms with E-state index in [-0.39, 0.29) is 5.91 Å². The van der Waals surface area contributed by atoms with Gasteiger partial charge in [0.2, 0.25) is 0 Å². The van der Waals surface area contributed by atoms with E-state index in [1.165, 1.54) is 6.26 Å². The number of hydroxylamine groups is 1. The minimum atomic E-state index is -0.141. The molecule has 1 aliphatic rings. The van der Waals surface area contributed by atoms with Gasteiger partial charge in [-0.3, -0.25) is 4.79 Å². The lowest BCUT2D eigenvalue weighted by molar-refractivity contribution is -0.118. The highest BCUT2D eigenvalue weighted by Crippen LogP contribution is 1.96. The second-order valence-electron chi connectivity index (χ2n) is 3.54. The van der Waals surface area contributed by atoms with Gasteiger partial charge in [-0.05, 0) is 39.2 Å². The first-order valence-corrected chi connectivity index (χ1v) is 4.91. The maximum atomic E-state index is 11.5. The van der Waals surface area contributed by atoms with Crippen molar-refractivity contribution in [2.45, 2.75) is 6.42 Å². The predicted octanol–water partition coefficient (Wildman–Crippen LogP) is -0.0133. The first-order chi connectivity index (χ1) is 7.20. The Hall–Kier alpha value is -1.49. The monoisotopic (exact) mass is 211 g/mol.